The van der Waals surface area contributed by atoms with Crippen LogP contribution in [-0.2, 0) is 19.1 Å². The first-order chi connectivity index (χ1) is 7.84. The average molecular weight is 240 g/mol. The number of esters is 2. The standard InChI is InChI=1S/C13H20O4/c1-6-10-7-13(10,11(14)16-8(2)3)12(15)17-9(4)5/h6,8-10H,1,7H2,2-5H3. The maximum atomic E-state index is 12.0. The molecule has 1 rings (SSSR count). The first kappa shape index (κ1) is 13.7. The minimum Gasteiger partial charge on any atom is -0.462 e. The minimum atomic E-state index is -1.14. The highest BCUT2D eigenvalue weighted by atomic mass is 16.6. The molecule has 0 aromatic rings. The number of carbonyl (C=O) groups is 2. The van der Waals surface area contributed by atoms with E-state index < -0.39 is 17.4 Å². The van der Waals surface area contributed by atoms with Gasteiger partial charge in [-0.2, -0.15) is 0 Å². The zero-order valence-electron chi connectivity index (χ0n) is 10.9. The number of carbonyl (C=O) groups excluding carboxylic acids is 2. The maximum Gasteiger partial charge on any atom is 0.324 e. The van der Waals surface area contributed by atoms with Gasteiger partial charge in [-0.1, -0.05) is 6.08 Å². The second kappa shape index (κ2) is 4.90. The Kier molecular flexibility index (Phi) is 3.96. The summed E-state index contributed by atoms with van der Waals surface area (Å²) in [6.45, 7) is 10.6. The van der Waals surface area contributed by atoms with Crippen LogP contribution in [0.4, 0.5) is 0 Å². The van der Waals surface area contributed by atoms with Crippen molar-refractivity contribution in [1.82, 2.24) is 0 Å². The number of rotatable bonds is 5. The smallest absolute Gasteiger partial charge is 0.324 e. The van der Waals surface area contributed by atoms with Crippen LogP contribution < -0.4 is 0 Å². The van der Waals surface area contributed by atoms with Crippen molar-refractivity contribution < 1.29 is 19.1 Å². The van der Waals surface area contributed by atoms with Crippen molar-refractivity contribution >= 4 is 11.9 Å². The van der Waals surface area contributed by atoms with E-state index in [1.54, 1.807) is 33.8 Å². The molecule has 1 aliphatic rings. The Hall–Kier alpha value is -1.32. The first-order valence-corrected chi connectivity index (χ1v) is 5.89. The predicted octanol–water partition coefficient (Wildman–Crippen LogP) is 2.08. The minimum absolute atomic E-state index is 0.167. The van der Waals surface area contributed by atoms with Crippen molar-refractivity contribution in [2.75, 3.05) is 0 Å². The molecule has 0 radical (unpaired) electrons. The number of ether oxygens (including phenoxy) is 2. The van der Waals surface area contributed by atoms with E-state index in [-0.39, 0.29) is 18.1 Å². The zero-order chi connectivity index (χ0) is 13.2. The topological polar surface area (TPSA) is 52.6 Å². The van der Waals surface area contributed by atoms with Crippen LogP contribution in [0.1, 0.15) is 34.1 Å². The van der Waals surface area contributed by atoms with E-state index in [9.17, 15) is 9.59 Å². The molecule has 1 fully saturated rings. The molecule has 1 unspecified atom stereocenters. The summed E-state index contributed by atoms with van der Waals surface area (Å²) >= 11 is 0. The number of allylic oxidation sites excluding steroid dienone is 1. The van der Waals surface area contributed by atoms with E-state index in [1.165, 1.54) is 0 Å². The van der Waals surface area contributed by atoms with Gasteiger partial charge in [-0.3, -0.25) is 9.59 Å². The van der Waals surface area contributed by atoms with E-state index in [0.717, 1.165) is 0 Å². The zero-order valence-corrected chi connectivity index (χ0v) is 10.9. The van der Waals surface area contributed by atoms with Gasteiger partial charge >= 0.3 is 11.9 Å². The largest absolute Gasteiger partial charge is 0.462 e. The molecular formula is C13H20O4. The van der Waals surface area contributed by atoms with Gasteiger partial charge < -0.3 is 9.47 Å². The van der Waals surface area contributed by atoms with Gasteiger partial charge in [0, 0.05) is 5.92 Å². The summed E-state index contributed by atoms with van der Waals surface area (Å²) in [5, 5.41) is 0. The molecule has 4 heteroatoms. The molecule has 17 heavy (non-hydrogen) atoms. The molecule has 4 nitrogen and oxygen atoms in total. The quantitative estimate of drug-likeness (QED) is 0.419. The van der Waals surface area contributed by atoms with Crippen molar-refractivity contribution in [1.29, 1.82) is 0 Å². The lowest BCUT2D eigenvalue weighted by Crippen LogP contribution is -2.34. The summed E-state index contributed by atoms with van der Waals surface area (Å²) < 4.78 is 10.2. The molecule has 0 heterocycles. The van der Waals surface area contributed by atoms with Gasteiger partial charge in [-0.15, -0.1) is 6.58 Å². The third-order valence-electron chi connectivity index (χ3n) is 2.71. The molecule has 0 saturated heterocycles. The van der Waals surface area contributed by atoms with Crippen LogP contribution in [-0.4, -0.2) is 24.1 Å². The van der Waals surface area contributed by atoms with E-state index >= 15 is 0 Å². The third-order valence-corrected chi connectivity index (χ3v) is 2.71. The van der Waals surface area contributed by atoms with Gasteiger partial charge in [-0.05, 0) is 34.1 Å². The van der Waals surface area contributed by atoms with Crippen molar-refractivity contribution in [3.63, 3.8) is 0 Å². The molecule has 0 bridgehead atoms. The summed E-state index contributed by atoms with van der Waals surface area (Å²) in [5.74, 6) is -1.16. The molecule has 1 saturated carbocycles. The Labute approximate surface area is 102 Å². The Morgan fingerprint density at radius 3 is 1.82 bits per heavy atom. The van der Waals surface area contributed by atoms with Crippen LogP contribution >= 0.6 is 0 Å². The van der Waals surface area contributed by atoms with Crippen LogP contribution in [0.25, 0.3) is 0 Å². The fourth-order valence-corrected chi connectivity index (χ4v) is 1.76. The van der Waals surface area contributed by atoms with Crippen LogP contribution in [0.2, 0.25) is 0 Å². The van der Waals surface area contributed by atoms with Crippen LogP contribution in [0, 0.1) is 11.3 Å². The second-order valence-electron chi connectivity index (χ2n) is 4.93. The molecule has 0 aromatic heterocycles. The molecular weight excluding hydrogens is 220 g/mol. The predicted molar refractivity (Wildman–Crippen MR) is 63.2 cm³/mol. The number of hydrogen-bond acceptors (Lipinski definition) is 4. The Balaban J connectivity index is 2.81. The Morgan fingerprint density at radius 2 is 1.59 bits per heavy atom. The Bertz CT molecular complexity index is 308. The van der Waals surface area contributed by atoms with E-state index in [1.807, 2.05) is 0 Å². The van der Waals surface area contributed by atoms with Crippen molar-refractivity contribution in [3.8, 4) is 0 Å². The van der Waals surface area contributed by atoms with Gasteiger partial charge in [0.25, 0.3) is 0 Å². The highest BCUT2D eigenvalue weighted by Gasteiger charge is 2.67. The summed E-state index contributed by atoms with van der Waals surface area (Å²) in [5.41, 5.74) is -1.14. The fraction of sp³-hybridized carbons (Fsp3) is 0.692. The molecule has 0 amide bonds. The molecule has 96 valence electrons. The molecule has 0 spiro atoms. The number of hydrogen-bond donors (Lipinski definition) is 0. The van der Waals surface area contributed by atoms with Crippen molar-refractivity contribution in [2.24, 2.45) is 11.3 Å². The Morgan fingerprint density at radius 1 is 1.18 bits per heavy atom. The summed E-state index contributed by atoms with van der Waals surface area (Å²) in [4.78, 5) is 23.9. The van der Waals surface area contributed by atoms with Gasteiger partial charge in [0.05, 0.1) is 12.2 Å². The van der Waals surface area contributed by atoms with Crippen molar-refractivity contribution in [2.45, 2.75) is 46.3 Å². The summed E-state index contributed by atoms with van der Waals surface area (Å²) in [6.07, 6.45) is 1.58. The lowest BCUT2D eigenvalue weighted by Gasteiger charge is -2.18. The van der Waals surface area contributed by atoms with E-state index in [4.69, 9.17) is 9.47 Å². The van der Waals surface area contributed by atoms with Crippen LogP contribution in [0.5, 0.6) is 0 Å². The van der Waals surface area contributed by atoms with Gasteiger partial charge in [0.2, 0.25) is 0 Å². The maximum absolute atomic E-state index is 12.0. The van der Waals surface area contributed by atoms with E-state index in [0.29, 0.717) is 6.42 Å². The highest BCUT2D eigenvalue weighted by Crippen LogP contribution is 2.55. The summed E-state index contributed by atoms with van der Waals surface area (Å²) in [6, 6.07) is 0. The second-order valence-corrected chi connectivity index (χ2v) is 4.93. The molecule has 1 atom stereocenters. The fourth-order valence-electron chi connectivity index (χ4n) is 1.76. The monoisotopic (exact) mass is 240 g/mol. The normalized spacial score (nSPS) is 21.2. The molecule has 0 aromatic carbocycles. The van der Waals surface area contributed by atoms with Gasteiger partial charge in [0.1, 0.15) is 0 Å². The average Bonchev–Trinajstić information content (AvgIpc) is 2.90. The molecule has 0 N–H and O–H groups in total. The SMILES string of the molecule is C=CC1CC1(C(=O)OC(C)C)C(=O)OC(C)C. The molecule has 1 aliphatic carbocycles. The van der Waals surface area contributed by atoms with E-state index in [2.05, 4.69) is 6.58 Å². The first-order valence-electron chi connectivity index (χ1n) is 5.89. The van der Waals surface area contributed by atoms with Crippen molar-refractivity contribution in [3.05, 3.63) is 12.7 Å². The van der Waals surface area contributed by atoms with Gasteiger partial charge in [-0.25, -0.2) is 0 Å². The third kappa shape index (κ3) is 2.68. The lowest BCUT2D eigenvalue weighted by molar-refractivity contribution is -0.169. The van der Waals surface area contributed by atoms with Crippen LogP contribution in [0.3, 0.4) is 0 Å². The lowest BCUT2D eigenvalue weighted by atomic mass is 10.0. The van der Waals surface area contributed by atoms with Gasteiger partial charge in [0.15, 0.2) is 5.41 Å². The molecule has 0 aliphatic heterocycles. The summed E-state index contributed by atoms with van der Waals surface area (Å²) in [7, 11) is 0. The highest BCUT2D eigenvalue weighted by molar-refractivity contribution is 6.04. The van der Waals surface area contributed by atoms with Crippen LogP contribution in [0.15, 0.2) is 12.7 Å².